The lowest BCUT2D eigenvalue weighted by atomic mass is 10.1. The minimum absolute atomic E-state index is 0.0111. The van der Waals surface area contributed by atoms with E-state index in [9.17, 15) is 16.8 Å². The molecule has 1 fully saturated rings. The average Bonchev–Trinajstić information content (AvgIpc) is 2.24. The molecule has 1 saturated heterocycles. The van der Waals surface area contributed by atoms with Crippen molar-refractivity contribution in [2.75, 3.05) is 30.9 Å². The van der Waals surface area contributed by atoms with Gasteiger partial charge in [-0.05, 0) is 25.8 Å². The fourth-order valence-electron chi connectivity index (χ4n) is 1.95. The summed E-state index contributed by atoms with van der Waals surface area (Å²) in [4.78, 5) is 0. The summed E-state index contributed by atoms with van der Waals surface area (Å²) in [7, 11) is -6.32. The summed E-state index contributed by atoms with van der Waals surface area (Å²) in [5.41, 5.74) is 0. The molecule has 0 radical (unpaired) electrons. The fraction of sp³-hybridized carbons (Fsp3) is 1.00. The smallest absolute Gasteiger partial charge is 0.213 e. The van der Waals surface area contributed by atoms with Gasteiger partial charge in [-0.2, -0.15) is 0 Å². The Bertz CT molecular complexity index is 438. The highest BCUT2D eigenvalue weighted by Gasteiger charge is 2.20. The second-order valence-electron chi connectivity index (χ2n) is 4.81. The highest BCUT2D eigenvalue weighted by atomic mass is 32.2. The maximum absolute atomic E-state index is 11.7. The molecule has 8 heteroatoms. The molecule has 0 spiro atoms. The van der Waals surface area contributed by atoms with E-state index < -0.39 is 19.9 Å². The summed E-state index contributed by atoms with van der Waals surface area (Å²) in [5, 5.41) is 3.17. The molecule has 1 aliphatic heterocycles. The number of hydrogen-bond acceptors (Lipinski definition) is 5. The predicted octanol–water partition coefficient (Wildman–Crippen LogP) is -0.517. The van der Waals surface area contributed by atoms with Gasteiger partial charge < -0.3 is 5.32 Å². The van der Waals surface area contributed by atoms with Crippen molar-refractivity contribution in [3.05, 3.63) is 0 Å². The lowest BCUT2D eigenvalue weighted by molar-refractivity contribution is 0.422. The van der Waals surface area contributed by atoms with Crippen molar-refractivity contribution in [1.82, 2.24) is 10.0 Å². The quantitative estimate of drug-likeness (QED) is 0.617. The molecule has 0 aliphatic carbocycles. The molecule has 108 valence electrons. The van der Waals surface area contributed by atoms with Crippen molar-refractivity contribution in [1.29, 1.82) is 0 Å². The lowest BCUT2D eigenvalue weighted by Gasteiger charge is -2.23. The molecule has 0 saturated carbocycles. The van der Waals surface area contributed by atoms with Gasteiger partial charge in [-0.25, -0.2) is 21.6 Å². The monoisotopic (exact) mass is 298 g/mol. The number of rotatable bonds is 7. The van der Waals surface area contributed by atoms with E-state index >= 15 is 0 Å². The van der Waals surface area contributed by atoms with Crippen LogP contribution in [0.15, 0.2) is 0 Å². The zero-order valence-electron chi connectivity index (χ0n) is 10.7. The molecule has 0 aromatic rings. The maximum Gasteiger partial charge on any atom is 0.213 e. The van der Waals surface area contributed by atoms with Crippen molar-refractivity contribution < 1.29 is 16.8 Å². The van der Waals surface area contributed by atoms with Crippen LogP contribution in [0.25, 0.3) is 0 Å². The van der Waals surface area contributed by atoms with Gasteiger partial charge in [-0.3, -0.25) is 0 Å². The van der Waals surface area contributed by atoms with Gasteiger partial charge in [0.2, 0.25) is 10.0 Å². The third-order valence-corrected chi connectivity index (χ3v) is 5.36. The topological polar surface area (TPSA) is 92.3 Å². The summed E-state index contributed by atoms with van der Waals surface area (Å²) >= 11 is 0. The summed E-state index contributed by atoms with van der Waals surface area (Å²) < 4.78 is 47.7. The van der Waals surface area contributed by atoms with E-state index in [-0.39, 0.29) is 24.1 Å². The molecule has 1 unspecified atom stereocenters. The first-order valence-corrected chi connectivity index (χ1v) is 9.88. The highest BCUT2D eigenvalue weighted by molar-refractivity contribution is 7.90. The van der Waals surface area contributed by atoms with Crippen LogP contribution in [0.4, 0.5) is 0 Å². The molecule has 1 aliphatic rings. The van der Waals surface area contributed by atoms with Crippen molar-refractivity contribution >= 4 is 19.9 Å². The normalized spacial score (nSPS) is 21.9. The van der Waals surface area contributed by atoms with Crippen LogP contribution in [-0.2, 0) is 19.9 Å². The standard InChI is InChI=1S/C10H22N2O4S2/c1-17(13,14)8-4-7-12-18(15,16)9-10-5-2-3-6-11-10/h10-12H,2-9H2,1H3. The SMILES string of the molecule is CS(=O)(=O)CCCNS(=O)(=O)CC1CCCCN1. The van der Waals surface area contributed by atoms with E-state index in [1.165, 1.54) is 0 Å². The summed E-state index contributed by atoms with van der Waals surface area (Å²) in [5.74, 6) is 0.0864. The van der Waals surface area contributed by atoms with E-state index in [0.29, 0.717) is 6.42 Å². The predicted molar refractivity (Wildman–Crippen MR) is 71.8 cm³/mol. The van der Waals surface area contributed by atoms with Crippen molar-refractivity contribution in [2.45, 2.75) is 31.7 Å². The summed E-state index contributed by atoms with van der Waals surface area (Å²) in [6.07, 6.45) is 4.49. The molecule has 0 bridgehead atoms. The molecule has 0 amide bonds. The van der Waals surface area contributed by atoms with Crippen LogP contribution in [0.2, 0.25) is 0 Å². The molecule has 1 rings (SSSR count). The molecular formula is C10H22N2O4S2. The van der Waals surface area contributed by atoms with Crippen LogP contribution in [-0.4, -0.2) is 53.7 Å². The number of nitrogens with one attached hydrogen (secondary N) is 2. The summed E-state index contributed by atoms with van der Waals surface area (Å²) in [6.45, 7) is 1.05. The van der Waals surface area contributed by atoms with Gasteiger partial charge >= 0.3 is 0 Å². The zero-order valence-corrected chi connectivity index (χ0v) is 12.3. The van der Waals surface area contributed by atoms with Crippen LogP contribution in [0.1, 0.15) is 25.7 Å². The fourth-order valence-corrected chi connectivity index (χ4v) is 4.01. The second kappa shape index (κ2) is 6.83. The van der Waals surface area contributed by atoms with Gasteiger partial charge in [0.25, 0.3) is 0 Å². The third-order valence-electron chi connectivity index (χ3n) is 2.85. The molecule has 18 heavy (non-hydrogen) atoms. The van der Waals surface area contributed by atoms with Crippen molar-refractivity contribution in [2.24, 2.45) is 0 Å². The molecule has 0 aromatic carbocycles. The van der Waals surface area contributed by atoms with Crippen LogP contribution in [0, 0.1) is 0 Å². The number of sulfonamides is 1. The Kier molecular flexibility index (Phi) is 6.03. The van der Waals surface area contributed by atoms with Crippen LogP contribution in [0.3, 0.4) is 0 Å². The van der Waals surface area contributed by atoms with Gasteiger partial charge in [0.1, 0.15) is 9.84 Å². The van der Waals surface area contributed by atoms with Crippen molar-refractivity contribution in [3.63, 3.8) is 0 Å². The molecule has 1 heterocycles. The zero-order chi connectivity index (χ0) is 13.6. The minimum Gasteiger partial charge on any atom is -0.313 e. The first-order chi connectivity index (χ1) is 8.29. The lowest BCUT2D eigenvalue weighted by Crippen LogP contribution is -2.42. The van der Waals surface area contributed by atoms with Gasteiger partial charge in [-0.15, -0.1) is 0 Å². The Labute approximate surface area is 110 Å². The van der Waals surface area contributed by atoms with E-state index in [0.717, 1.165) is 32.1 Å². The van der Waals surface area contributed by atoms with Gasteiger partial charge in [0, 0.05) is 18.8 Å². The van der Waals surface area contributed by atoms with Crippen LogP contribution >= 0.6 is 0 Å². The molecule has 1 atom stereocenters. The Morgan fingerprint density at radius 1 is 1.22 bits per heavy atom. The highest BCUT2D eigenvalue weighted by Crippen LogP contribution is 2.08. The number of sulfone groups is 1. The van der Waals surface area contributed by atoms with Crippen molar-refractivity contribution in [3.8, 4) is 0 Å². The maximum atomic E-state index is 11.7. The van der Waals surface area contributed by atoms with Crippen LogP contribution in [0.5, 0.6) is 0 Å². The molecule has 0 aromatic heterocycles. The summed E-state index contributed by atoms with van der Waals surface area (Å²) in [6, 6.07) is 0.0196. The Morgan fingerprint density at radius 3 is 2.50 bits per heavy atom. The Hall–Kier alpha value is -0.180. The number of hydrogen-bond donors (Lipinski definition) is 2. The first-order valence-electron chi connectivity index (χ1n) is 6.17. The van der Waals surface area contributed by atoms with Gasteiger partial charge in [0.05, 0.1) is 11.5 Å². The van der Waals surface area contributed by atoms with E-state index in [1.54, 1.807) is 0 Å². The van der Waals surface area contributed by atoms with E-state index in [2.05, 4.69) is 10.0 Å². The molecule has 6 nitrogen and oxygen atoms in total. The minimum atomic E-state index is -3.31. The number of piperidine rings is 1. The average molecular weight is 298 g/mol. The van der Waals surface area contributed by atoms with Gasteiger partial charge in [-0.1, -0.05) is 6.42 Å². The largest absolute Gasteiger partial charge is 0.313 e. The first kappa shape index (κ1) is 15.9. The Balaban J connectivity index is 2.26. The molecular weight excluding hydrogens is 276 g/mol. The van der Waals surface area contributed by atoms with E-state index in [1.807, 2.05) is 0 Å². The van der Waals surface area contributed by atoms with E-state index in [4.69, 9.17) is 0 Å². The van der Waals surface area contributed by atoms with Crippen LogP contribution < -0.4 is 10.0 Å². The Morgan fingerprint density at radius 2 is 1.94 bits per heavy atom. The van der Waals surface area contributed by atoms with Gasteiger partial charge in [0.15, 0.2) is 0 Å². The third kappa shape index (κ3) is 7.30. The second-order valence-corrected chi connectivity index (χ2v) is 8.92. The molecule has 2 N–H and O–H groups in total.